The van der Waals surface area contributed by atoms with Gasteiger partial charge in [0.15, 0.2) is 11.0 Å². The van der Waals surface area contributed by atoms with Crippen molar-refractivity contribution in [2.45, 2.75) is 24.8 Å². The molecule has 0 unspecified atom stereocenters. The molecular formula is C25H20N4O2S. The van der Waals surface area contributed by atoms with Gasteiger partial charge in [-0.25, -0.2) is 4.79 Å². The fourth-order valence-electron chi connectivity index (χ4n) is 3.61. The molecular weight excluding hydrogens is 420 g/mol. The van der Waals surface area contributed by atoms with Crippen LogP contribution in [-0.2, 0) is 5.75 Å². The minimum absolute atomic E-state index is 0.349. The number of fused-ring (bicyclic) bond motifs is 1. The van der Waals surface area contributed by atoms with Crippen LogP contribution in [0.1, 0.15) is 16.7 Å². The first-order valence-electron chi connectivity index (χ1n) is 10.2. The summed E-state index contributed by atoms with van der Waals surface area (Å²) in [6.45, 7) is 4.07. The zero-order valence-electron chi connectivity index (χ0n) is 17.6. The Morgan fingerprint density at radius 3 is 2.47 bits per heavy atom. The Morgan fingerprint density at radius 2 is 1.69 bits per heavy atom. The zero-order valence-corrected chi connectivity index (χ0v) is 18.5. The van der Waals surface area contributed by atoms with Crippen molar-refractivity contribution >= 4 is 22.7 Å². The lowest BCUT2D eigenvalue weighted by molar-refractivity contribution is 0.559. The van der Waals surface area contributed by atoms with Crippen molar-refractivity contribution in [3.8, 4) is 17.1 Å². The summed E-state index contributed by atoms with van der Waals surface area (Å²) < 4.78 is 7.47. The minimum atomic E-state index is -0.349. The van der Waals surface area contributed by atoms with E-state index in [0.717, 1.165) is 44.3 Å². The standard InChI is InChI=1S/C25H20N4O2S/c1-16-12-21-19(14-23(30)31-22(21)13-17(16)2)15-32-25-28-27-24(18-8-10-26-11-9-18)29(25)20-6-4-3-5-7-20/h3-14H,15H2,1-2H3. The Balaban J connectivity index is 1.57. The van der Waals surface area contributed by atoms with Gasteiger partial charge in [0.25, 0.3) is 0 Å². The molecule has 3 heterocycles. The van der Waals surface area contributed by atoms with Crippen molar-refractivity contribution < 1.29 is 4.42 Å². The fraction of sp³-hybridized carbons (Fsp3) is 0.120. The molecule has 5 rings (SSSR count). The molecule has 0 spiro atoms. The molecule has 5 aromatic rings. The number of benzene rings is 2. The lowest BCUT2D eigenvalue weighted by Gasteiger charge is -2.11. The quantitative estimate of drug-likeness (QED) is 0.271. The fourth-order valence-corrected chi connectivity index (χ4v) is 4.55. The molecule has 0 amide bonds. The van der Waals surface area contributed by atoms with E-state index in [-0.39, 0.29) is 5.63 Å². The molecule has 7 heteroatoms. The highest BCUT2D eigenvalue weighted by atomic mass is 32.2. The summed E-state index contributed by atoms with van der Waals surface area (Å²) in [5.74, 6) is 1.30. The molecule has 0 atom stereocenters. The SMILES string of the molecule is Cc1cc2oc(=O)cc(CSc3nnc(-c4ccncc4)n3-c3ccccc3)c2cc1C. The van der Waals surface area contributed by atoms with E-state index < -0.39 is 0 Å². The summed E-state index contributed by atoms with van der Waals surface area (Å²) in [6.07, 6.45) is 3.48. The number of aryl methyl sites for hydroxylation is 2. The normalized spacial score (nSPS) is 11.2. The molecule has 6 nitrogen and oxygen atoms in total. The summed E-state index contributed by atoms with van der Waals surface area (Å²) in [4.78, 5) is 16.3. The van der Waals surface area contributed by atoms with E-state index >= 15 is 0 Å². The van der Waals surface area contributed by atoms with Crippen LogP contribution >= 0.6 is 11.8 Å². The van der Waals surface area contributed by atoms with E-state index in [4.69, 9.17) is 4.42 Å². The largest absolute Gasteiger partial charge is 0.423 e. The van der Waals surface area contributed by atoms with Crippen molar-refractivity contribution in [1.82, 2.24) is 19.7 Å². The van der Waals surface area contributed by atoms with Crippen molar-refractivity contribution in [2.75, 3.05) is 0 Å². The van der Waals surface area contributed by atoms with Gasteiger partial charge in [0.1, 0.15) is 5.58 Å². The molecule has 0 saturated heterocycles. The smallest absolute Gasteiger partial charge is 0.336 e. The van der Waals surface area contributed by atoms with E-state index in [1.807, 2.05) is 60.0 Å². The first kappa shape index (κ1) is 20.2. The van der Waals surface area contributed by atoms with Crippen molar-refractivity contribution in [1.29, 1.82) is 0 Å². The second-order valence-electron chi connectivity index (χ2n) is 7.53. The number of rotatable bonds is 5. The third-order valence-corrected chi connectivity index (χ3v) is 6.37. The molecule has 0 saturated carbocycles. The van der Waals surface area contributed by atoms with E-state index in [2.05, 4.69) is 28.2 Å². The molecule has 0 aliphatic heterocycles. The second kappa shape index (κ2) is 8.43. The highest BCUT2D eigenvalue weighted by Crippen LogP contribution is 2.31. The van der Waals surface area contributed by atoms with Gasteiger partial charge in [-0.05, 0) is 66.9 Å². The predicted octanol–water partition coefficient (Wildman–Crippen LogP) is 5.34. The molecule has 0 fully saturated rings. The highest BCUT2D eigenvalue weighted by molar-refractivity contribution is 7.98. The van der Waals surface area contributed by atoms with Crippen LogP contribution in [0.2, 0.25) is 0 Å². The molecule has 158 valence electrons. The van der Waals surface area contributed by atoms with E-state index in [1.165, 1.54) is 11.8 Å². The van der Waals surface area contributed by atoms with Crippen LogP contribution in [0.15, 0.2) is 87.4 Å². The Kier molecular flexibility index (Phi) is 5.33. The highest BCUT2D eigenvalue weighted by Gasteiger charge is 2.17. The van der Waals surface area contributed by atoms with Crippen molar-refractivity contribution in [3.05, 3.63) is 100 Å². The third kappa shape index (κ3) is 3.83. The summed E-state index contributed by atoms with van der Waals surface area (Å²) in [7, 11) is 0. The van der Waals surface area contributed by atoms with E-state index in [0.29, 0.717) is 11.3 Å². The first-order valence-corrected chi connectivity index (χ1v) is 11.2. The number of hydrogen-bond donors (Lipinski definition) is 0. The predicted molar refractivity (Wildman–Crippen MR) is 126 cm³/mol. The molecule has 3 aromatic heterocycles. The average Bonchev–Trinajstić information content (AvgIpc) is 3.24. The van der Waals surface area contributed by atoms with Gasteiger partial charge >= 0.3 is 5.63 Å². The Bertz CT molecular complexity index is 1460. The van der Waals surface area contributed by atoms with Gasteiger partial charge in [-0.2, -0.15) is 0 Å². The van der Waals surface area contributed by atoms with Crippen molar-refractivity contribution in [2.24, 2.45) is 0 Å². The first-order chi connectivity index (χ1) is 15.6. The summed E-state index contributed by atoms with van der Waals surface area (Å²) in [6, 6.07) is 19.4. The maximum Gasteiger partial charge on any atom is 0.336 e. The van der Waals surface area contributed by atoms with Gasteiger partial charge in [-0.3, -0.25) is 9.55 Å². The van der Waals surface area contributed by atoms with E-state index in [1.54, 1.807) is 18.5 Å². The minimum Gasteiger partial charge on any atom is -0.423 e. The van der Waals surface area contributed by atoms with Crippen LogP contribution < -0.4 is 5.63 Å². The Morgan fingerprint density at radius 1 is 0.938 bits per heavy atom. The number of pyridine rings is 1. The Labute approximate surface area is 189 Å². The summed E-state index contributed by atoms with van der Waals surface area (Å²) in [5, 5.41) is 10.6. The maximum absolute atomic E-state index is 12.2. The van der Waals surface area contributed by atoms with Crippen LogP contribution in [0.4, 0.5) is 0 Å². The van der Waals surface area contributed by atoms with E-state index in [9.17, 15) is 4.79 Å². The van der Waals surface area contributed by atoms with Gasteiger partial charge in [0.2, 0.25) is 0 Å². The lowest BCUT2D eigenvalue weighted by atomic mass is 10.0. The number of hydrogen-bond acceptors (Lipinski definition) is 6. The Hall–Kier alpha value is -3.71. The van der Waals surface area contributed by atoms with Crippen molar-refractivity contribution in [3.63, 3.8) is 0 Å². The zero-order chi connectivity index (χ0) is 22.1. The molecule has 2 aromatic carbocycles. The summed E-state index contributed by atoms with van der Waals surface area (Å²) >= 11 is 1.54. The molecule has 0 bridgehead atoms. The van der Waals surface area contributed by atoms with Crippen LogP contribution in [0.25, 0.3) is 28.0 Å². The molecule has 0 aliphatic carbocycles. The molecule has 0 radical (unpaired) electrons. The monoisotopic (exact) mass is 440 g/mol. The number of aromatic nitrogens is 4. The molecule has 0 aliphatic rings. The second-order valence-corrected chi connectivity index (χ2v) is 8.47. The van der Waals surface area contributed by atoms with Crippen LogP contribution in [-0.4, -0.2) is 19.7 Å². The number of nitrogens with zero attached hydrogens (tertiary/aromatic N) is 4. The van der Waals surface area contributed by atoms with Crippen LogP contribution in [0, 0.1) is 13.8 Å². The van der Waals surface area contributed by atoms with Crippen LogP contribution in [0.3, 0.4) is 0 Å². The van der Waals surface area contributed by atoms with Gasteiger partial charge in [0, 0.05) is 40.8 Å². The maximum atomic E-state index is 12.2. The average molecular weight is 441 g/mol. The molecule has 32 heavy (non-hydrogen) atoms. The topological polar surface area (TPSA) is 73.8 Å². The van der Waals surface area contributed by atoms with Gasteiger partial charge < -0.3 is 4.42 Å². The lowest BCUT2D eigenvalue weighted by Crippen LogP contribution is -2.02. The number of thioether (sulfide) groups is 1. The van der Waals surface area contributed by atoms with Gasteiger partial charge in [-0.15, -0.1) is 10.2 Å². The molecule has 0 N–H and O–H groups in total. The van der Waals surface area contributed by atoms with Gasteiger partial charge in [0.05, 0.1) is 0 Å². The number of para-hydroxylation sites is 1. The summed E-state index contributed by atoms with van der Waals surface area (Å²) in [5.41, 5.74) is 5.33. The third-order valence-electron chi connectivity index (χ3n) is 5.39. The van der Waals surface area contributed by atoms with Gasteiger partial charge in [-0.1, -0.05) is 30.0 Å². The van der Waals surface area contributed by atoms with Crippen LogP contribution in [0.5, 0.6) is 0 Å².